The molecule has 26 heavy (non-hydrogen) atoms. The van der Waals surface area contributed by atoms with Gasteiger partial charge >= 0.3 is 0 Å². The van der Waals surface area contributed by atoms with Gasteiger partial charge in [-0.05, 0) is 38.5 Å². The molecule has 138 valence electrons. The molecule has 5 heteroatoms. The number of fused-ring (bicyclic) bond motifs is 1. The maximum Gasteiger partial charge on any atom is 0.135 e. The quantitative estimate of drug-likeness (QED) is 0.831. The number of hydrogen-bond donors (Lipinski definition) is 0. The first-order valence-electron chi connectivity index (χ1n) is 9.64. The largest absolute Gasteiger partial charge is 0.381 e. The Morgan fingerprint density at radius 3 is 2.73 bits per heavy atom. The second-order valence-electron chi connectivity index (χ2n) is 7.46. The van der Waals surface area contributed by atoms with Crippen molar-refractivity contribution in [3.05, 3.63) is 46.9 Å². The summed E-state index contributed by atoms with van der Waals surface area (Å²) >= 11 is 0. The molecule has 4 rings (SSSR count). The zero-order valence-corrected chi connectivity index (χ0v) is 16.0. The van der Waals surface area contributed by atoms with Crippen molar-refractivity contribution in [2.75, 3.05) is 42.6 Å². The van der Waals surface area contributed by atoms with Crippen LogP contribution >= 0.6 is 0 Å². The molecule has 0 aliphatic carbocycles. The molecular formula is C21H28N4O. The minimum absolute atomic E-state index is 0.443. The van der Waals surface area contributed by atoms with Crippen LogP contribution in [0.4, 0.5) is 11.5 Å². The fourth-order valence-corrected chi connectivity index (χ4v) is 4.15. The normalized spacial score (nSPS) is 20.7. The maximum absolute atomic E-state index is 5.67. The first kappa shape index (κ1) is 17.3. The molecule has 1 unspecified atom stereocenters. The summed E-state index contributed by atoms with van der Waals surface area (Å²) < 4.78 is 5.67. The first-order chi connectivity index (χ1) is 12.6. The van der Waals surface area contributed by atoms with Gasteiger partial charge in [0.05, 0.1) is 18.9 Å². The Labute approximate surface area is 156 Å². The highest BCUT2D eigenvalue weighted by Gasteiger charge is 2.28. The number of nitrogens with zero attached hydrogens (tertiary/aromatic N) is 4. The molecule has 0 spiro atoms. The van der Waals surface area contributed by atoms with E-state index in [1.54, 1.807) is 0 Å². The van der Waals surface area contributed by atoms with Crippen LogP contribution in [-0.2, 0) is 17.6 Å². The summed E-state index contributed by atoms with van der Waals surface area (Å²) in [5, 5.41) is 0. The van der Waals surface area contributed by atoms with Crippen LogP contribution in [0.5, 0.6) is 0 Å². The number of aromatic nitrogens is 2. The van der Waals surface area contributed by atoms with Crippen LogP contribution in [0.15, 0.2) is 24.3 Å². The van der Waals surface area contributed by atoms with Crippen LogP contribution < -0.4 is 9.80 Å². The Morgan fingerprint density at radius 2 is 1.92 bits per heavy atom. The molecule has 2 aliphatic rings. The first-order valence-corrected chi connectivity index (χ1v) is 9.64. The van der Waals surface area contributed by atoms with E-state index in [9.17, 15) is 0 Å². The van der Waals surface area contributed by atoms with E-state index >= 15 is 0 Å². The molecule has 1 fully saturated rings. The summed E-state index contributed by atoms with van der Waals surface area (Å²) in [7, 11) is 0. The van der Waals surface area contributed by atoms with E-state index < -0.39 is 0 Å². The van der Waals surface area contributed by atoms with Gasteiger partial charge in [-0.1, -0.05) is 12.1 Å². The Balaban J connectivity index is 1.59. The van der Waals surface area contributed by atoms with Crippen LogP contribution in [0.3, 0.4) is 0 Å². The van der Waals surface area contributed by atoms with Crippen molar-refractivity contribution >= 4 is 11.5 Å². The number of anilines is 2. The van der Waals surface area contributed by atoms with Gasteiger partial charge in [0.15, 0.2) is 0 Å². The number of ether oxygens (including phenoxy) is 1. The number of aryl methyl sites for hydroxylation is 2. The molecule has 1 atom stereocenters. The highest BCUT2D eigenvalue weighted by molar-refractivity contribution is 5.55. The highest BCUT2D eigenvalue weighted by atomic mass is 16.5. The lowest BCUT2D eigenvalue weighted by Gasteiger charge is -2.42. The predicted octanol–water partition coefficient (Wildman–Crippen LogP) is 2.92. The summed E-state index contributed by atoms with van der Waals surface area (Å²) in [6.07, 6.45) is 1.81. The van der Waals surface area contributed by atoms with Crippen molar-refractivity contribution in [2.24, 2.45) is 0 Å². The topological polar surface area (TPSA) is 41.5 Å². The Morgan fingerprint density at radius 1 is 1.08 bits per heavy atom. The molecule has 0 N–H and O–H groups in total. The van der Waals surface area contributed by atoms with Crippen molar-refractivity contribution in [2.45, 2.75) is 39.7 Å². The van der Waals surface area contributed by atoms with E-state index in [0.717, 1.165) is 57.3 Å². The molecule has 2 aliphatic heterocycles. The summed E-state index contributed by atoms with van der Waals surface area (Å²) in [4.78, 5) is 14.5. The van der Waals surface area contributed by atoms with Gasteiger partial charge in [-0.15, -0.1) is 0 Å². The minimum Gasteiger partial charge on any atom is -0.381 e. The SMILES string of the molecule is Cc1cccc(N2CCN(c3nc(C)nc4c3CCOCC4)CC2C)c1. The fourth-order valence-electron chi connectivity index (χ4n) is 4.15. The molecule has 5 nitrogen and oxygen atoms in total. The van der Waals surface area contributed by atoms with E-state index in [2.05, 4.69) is 47.9 Å². The smallest absolute Gasteiger partial charge is 0.135 e. The van der Waals surface area contributed by atoms with Crippen LogP contribution in [0.25, 0.3) is 0 Å². The van der Waals surface area contributed by atoms with Gasteiger partial charge in [0.2, 0.25) is 0 Å². The van der Waals surface area contributed by atoms with E-state index in [-0.39, 0.29) is 0 Å². The Kier molecular flexibility index (Phi) is 4.81. The fraction of sp³-hybridized carbons (Fsp3) is 0.524. The Hall–Kier alpha value is -2.14. The molecule has 1 saturated heterocycles. The number of rotatable bonds is 2. The molecule has 1 aromatic heterocycles. The predicted molar refractivity (Wildman–Crippen MR) is 105 cm³/mol. The van der Waals surface area contributed by atoms with Crippen LogP contribution in [0, 0.1) is 13.8 Å². The zero-order valence-electron chi connectivity index (χ0n) is 16.0. The zero-order chi connectivity index (χ0) is 18.1. The second-order valence-corrected chi connectivity index (χ2v) is 7.46. The van der Waals surface area contributed by atoms with Gasteiger partial charge in [-0.2, -0.15) is 0 Å². The Bertz CT molecular complexity index is 792. The lowest BCUT2D eigenvalue weighted by atomic mass is 10.1. The second kappa shape index (κ2) is 7.23. The lowest BCUT2D eigenvalue weighted by molar-refractivity contribution is 0.146. The minimum atomic E-state index is 0.443. The van der Waals surface area contributed by atoms with Crippen molar-refractivity contribution in [1.29, 1.82) is 0 Å². The van der Waals surface area contributed by atoms with Gasteiger partial charge in [-0.3, -0.25) is 0 Å². The summed E-state index contributed by atoms with van der Waals surface area (Å²) in [6.45, 7) is 11.0. The van der Waals surface area contributed by atoms with E-state index in [1.165, 1.54) is 22.5 Å². The summed E-state index contributed by atoms with van der Waals surface area (Å²) in [5.41, 5.74) is 5.11. The third kappa shape index (κ3) is 3.40. The van der Waals surface area contributed by atoms with E-state index in [4.69, 9.17) is 14.7 Å². The van der Waals surface area contributed by atoms with Gasteiger partial charge < -0.3 is 14.5 Å². The lowest BCUT2D eigenvalue weighted by Crippen LogP contribution is -2.52. The number of benzene rings is 1. The molecule has 2 aromatic rings. The third-order valence-electron chi connectivity index (χ3n) is 5.42. The van der Waals surface area contributed by atoms with E-state index in [0.29, 0.717) is 6.04 Å². The molecule has 3 heterocycles. The van der Waals surface area contributed by atoms with Crippen LogP contribution in [0.2, 0.25) is 0 Å². The van der Waals surface area contributed by atoms with Crippen molar-refractivity contribution in [1.82, 2.24) is 9.97 Å². The van der Waals surface area contributed by atoms with Crippen molar-refractivity contribution < 1.29 is 4.74 Å². The molecule has 0 amide bonds. The standard InChI is InChI=1S/C21H28N4O/c1-15-5-4-6-18(13-15)25-10-9-24(14-16(25)2)21-19-7-11-26-12-8-20(19)22-17(3)23-21/h4-6,13,16H,7-12,14H2,1-3H3. The molecule has 0 radical (unpaired) electrons. The van der Waals surface area contributed by atoms with Gasteiger partial charge in [0, 0.05) is 49.8 Å². The maximum atomic E-state index is 5.67. The average molecular weight is 352 g/mol. The third-order valence-corrected chi connectivity index (χ3v) is 5.42. The molecular weight excluding hydrogens is 324 g/mol. The number of hydrogen-bond acceptors (Lipinski definition) is 5. The highest BCUT2D eigenvalue weighted by Crippen LogP contribution is 2.28. The van der Waals surface area contributed by atoms with Crippen LogP contribution in [0.1, 0.15) is 29.6 Å². The van der Waals surface area contributed by atoms with Crippen molar-refractivity contribution in [3.63, 3.8) is 0 Å². The number of piperazine rings is 1. The van der Waals surface area contributed by atoms with E-state index in [1.807, 2.05) is 6.92 Å². The molecule has 0 bridgehead atoms. The van der Waals surface area contributed by atoms with Gasteiger partial charge in [0.1, 0.15) is 11.6 Å². The van der Waals surface area contributed by atoms with Gasteiger partial charge in [0.25, 0.3) is 0 Å². The monoisotopic (exact) mass is 352 g/mol. The summed E-state index contributed by atoms with van der Waals surface area (Å²) in [6, 6.07) is 9.25. The molecule has 1 aromatic carbocycles. The van der Waals surface area contributed by atoms with Gasteiger partial charge in [-0.25, -0.2) is 9.97 Å². The van der Waals surface area contributed by atoms with Crippen molar-refractivity contribution in [3.8, 4) is 0 Å². The molecule has 0 saturated carbocycles. The van der Waals surface area contributed by atoms with Crippen LogP contribution in [-0.4, -0.2) is 48.9 Å². The average Bonchev–Trinajstić information content (AvgIpc) is 2.86. The summed E-state index contributed by atoms with van der Waals surface area (Å²) in [5.74, 6) is 2.00.